The van der Waals surface area contributed by atoms with Gasteiger partial charge in [0.1, 0.15) is 13.2 Å². The Bertz CT molecular complexity index is 1500. The number of rotatable bonds is 62. The molecule has 0 aromatic heterocycles. The van der Waals surface area contributed by atoms with Gasteiger partial charge in [-0.2, -0.15) is 0 Å². The summed E-state index contributed by atoms with van der Waals surface area (Å²) in [5.74, 6) is -0.904. The fourth-order valence-corrected chi connectivity index (χ4v) is 9.76. The SMILES string of the molecule is CC/C=C\C/C=C\C/C=C\C/C=C\CCCCCCC(=O)OC(COC(=O)CCCCCCCCC/C=C\C/C=C\CCCCC)COC(=O)CCCCCCCCCCCCCCCCC/C=C\CCCCCCCCCC. The molecule has 0 saturated heterocycles. The Morgan fingerprint density at radius 3 is 0.810 bits per heavy atom. The molecular formula is C73H128O6. The Hall–Kier alpha value is -3.41. The predicted octanol–water partition coefficient (Wildman–Crippen LogP) is 23.4. The fraction of sp³-hybridized carbons (Fsp3) is 0.767. The maximum atomic E-state index is 12.9. The zero-order chi connectivity index (χ0) is 57.1. The van der Waals surface area contributed by atoms with Crippen LogP contribution >= 0.6 is 0 Å². The summed E-state index contributed by atoms with van der Waals surface area (Å²) in [6.45, 7) is 6.52. The minimum atomic E-state index is -0.794. The van der Waals surface area contributed by atoms with Gasteiger partial charge in [0, 0.05) is 19.3 Å². The molecule has 0 aliphatic heterocycles. The van der Waals surface area contributed by atoms with E-state index in [1.165, 1.54) is 193 Å². The van der Waals surface area contributed by atoms with Crippen LogP contribution < -0.4 is 0 Å². The van der Waals surface area contributed by atoms with Gasteiger partial charge in [-0.15, -0.1) is 0 Å². The zero-order valence-corrected chi connectivity index (χ0v) is 52.4. The van der Waals surface area contributed by atoms with Crippen molar-refractivity contribution >= 4 is 17.9 Å². The first-order valence-corrected chi connectivity index (χ1v) is 34.1. The van der Waals surface area contributed by atoms with Crippen LogP contribution in [0.1, 0.15) is 342 Å². The highest BCUT2D eigenvalue weighted by atomic mass is 16.6. The van der Waals surface area contributed by atoms with Gasteiger partial charge < -0.3 is 14.2 Å². The molecule has 1 unspecified atom stereocenters. The van der Waals surface area contributed by atoms with Crippen LogP contribution in [0.3, 0.4) is 0 Å². The molecule has 0 amide bonds. The third-order valence-electron chi connectivity index (χ3n) is 14.9. The first kappa shape index (κ1) is 75.6. The van der Waals surface area contributed by atoms with Crippen molar-refractivity contribution in [3.05, 3.63) is 85.1 Å². The van der Waals surface area contributed by atoms with Crippen LogP contribution in [0.15, 0.2) is 85.1 Å². The average molecular weight is 1100 g/mol. The maximum absolute atomic E-state index is 12.9. The van der Waals surface area contributed by atoms with E-state index in [-0.39, 0.29) is 31.1 Å². The molecule has 0 bridgehead atoms. The van der Waals surface area contributed by atoms with E-state index in [9.17, 15) is 14.4 Å². The summed E-state index contributed by atoms with van der Waals surface area (Å²) in [4.78, 5) is 38.4. The highest BCUT2D eigenvalue weighted by molar-refractivity contribution is 5.71. The lowest BCUT2D eigenvalue weighted by Crippen LogP contribution is -2.30. The van der Waals surface area contributed by atoms with Crippen LogP contribution in [0.2, 0.25) is 0 Å². The first-order valence-electron chi connectivity index (χ1n) is 34.1. The van der Waals surface area contributed by atoms with Gasteiger partial charge in [-0.1, -0.05) is 292 Å². The van der Waals surface area contributed by atoms with E-state index in [0.29, 0.717) is 19.3 Å². The molecule has 6 heteroatoms. The van der Waals surface area contributed by atoms with E-state index in [1.807, 2.05) is 0 Å². The predicted molar refractivity (Wildman–Crippen MR) is 344 cm³/mol. The van der Waals surface area contributed by atoms with E-state index < -0.39 is 6.10 Å². The van der Waals surface area contributed by atoms with Crippen molar-refractivity contribution in [1.29, 1.82) is 0 Å². The molecule has 0 fully saturated rings. The number of hydrogen-bond donors (Lipinski definition) is 0. The molecule has 0 rings (SSSR count). The van der Waals surface area contributed by atoms with E-state index >= 15 is 0 Å². The van der Waals surface area contributed by atoms with Crippen LogP contribution in [0.5, 0.6) is 0 Å². The lowest BCUT2D eigenvalue weighted by Gasteiger charge is -2.18. The largest absolute Gasteiger partial charge is 0.462 e. The molecule has 0 N–H and O–H groups in total. The van der Waals surface area contributed by atoms with Gasteiger partial charge in [0.25, 0.3) is 0 Å². The van der Waals surface area contributed by atoms with Gasteiger partial charge in [0.05, 0.1) is 0 Å². The van der Waals surface area contributed by atoms with Crippen molar-refractivity contribution < 1.29 is 28.6 Å². The van der Waals surface area contributed by atoms with Crippen molar-refractivity contribution in [2.75, 3.05) is 13.2 Å². The molecule has 0 heterocycles. The Balaban J connectivity index is 4.31. The summed E-state index contributed by atoms with van der Waals surface area (Å²) in [6.07, 6.45) is 88.9. The highest BCUT2D eigenvalue weighted by Crippen LogP contribution is 2.17. The summed E-state index contributed by atoms with van der Waals surface area (Å²) >= 11 is 0. The Morgan fingerprint density at radius 2 is 0.494 bits per heavy atom. The van der Waals surface area contributed by atoms with Gasteiger partial charge >= 0.3 is 17.9 Å². The van der Waals surface area contributed by atoms with Gasteiger partial charge in [-0.3, -0.25) is 14.4 Å². The molecular weight excluding hydrogens is 973 g/mol. The van der Waals surface area contributed by atoms with Crippen LogP contribution in [0.4, 0.5) is 0 Å². The van der Waals surface area contributed by atoms with Crippen LogP contribution in [-0.4, -0.2) is 37.2 Å². The fourth-order valence-electron chi connectivity index (χ4n) is 9.76. The monoisotopic (exact) mass is 1100 g/mol. The molecule has 6 nitrogen and oxygen atoms in total. The second-order valence-corrected chi connectivity index (χ2v) is 22.7. The smallest absolute Gasteiger partial charge is 0.306 e. The summed E-state index contributed by atoms with van der Waals surface area (Å²) < 4.78 is 16.9. The van der Waals surface area contributed by atoms with Crippen molar-refractivity contribution in [3.8, 4) is 0 Å². The topological polar surface area (TPSA) is 78.9 Å². The normalized spacial score (nSPS) is 12.6. The Kier molecular flexibility index (Phi) is 64.2. The molecule has 0 saturated carbocycles. The Morgan fingerprint density at radius 1 is 0.266 bits per heavy atom. The third kappa shape index (κ3) is 65.3. The minimum absolute atomic E-state index is 0.0873. The summed E-state index contributed by atoms with van der Waals surface area (Å²) in [6, 6.07) is 0. The number of unbranched alkanes of at least 4 members (excludes halogenated alkanes) is 37. The lowest BCUT2D eigenvalue weighted by atomic mass is 10.0. The summed E-state index contributed by atoms with van der Waals surface area (Å²) in [7, 11) is 0. The molecule has 0 aromatic rings. The van der Waals surface area contributed by atoms with Crippen LogP contribution in [0.25, 0.3) is 0 Å². The van der Waals surface area contributed by atoms with E-state index in [1.54, 1.807) is 0 Å². The summed E-state index contributed by atoms with van der Waals surface area (Å²) in [5.41, 5.74) is 0. The summed E-state index contributed by atoms with van der Waals surface area (Å²) in [5, 5.41) is 0. The molecule has 0 aliphatic carbocycles. The van der Waals surface area contributed by atoms with E-state index in [2.05, 4.69) is 106 Å². The molecule has 79 heavy (non-hydrogen) atoms. The molecule has 456 valence electrons. The quantitative estimate of drug-likeness (QED) is 0.0261. The van der Waals surface area contributed by atoms with Crippen molar-refractivity contribution in [3.63, 3.8) is 0 Å². The van der Waals surface area contributed by atoms with Gasteiger partial charge in [0.15, 0.2) is 6.10 Å². The molecule has 0 aromatic carbocycles. The highest BCUT2D eigenvalue weighted by Gasteiger charge is 2.19. The minimum Gasteiger partial charge on any atom is -0.462 e. The van der Waals surface area contributed by atoms with Gasteiger partial charge in [-0.05, 0) is 116 Å². The standard InChI is InChI=1S/C73H128O6/c1-4-7-10-13-16-19-22-25-28-31-32-33-34-35-36-37-38-39-40-43-45-48-51-54-57-60-63-66-72(75)78-69-70(79-73(76)67-64-61-58-55-52-49-46-42-30-27-24-21-18-15-12-9-6-3)68-77-71(74)65-62-59-56-53-50-47-44-41-29-26-23-20-17-14-11-8-5-2/h9,12,17-18,20-21,26-27,29-32,46,49,70H,4-8,10-11,13-16,19,22-25,28,33-45,47-48,50-69H2,1-3H3/b12-9-,20-17-,21-18-,29-26-,30-27-,32-31-,49-46-. The number of ether oxygens (including phenoxy) is 3. The average Bonchev–Trinajstić information content (AvgIpc) is 3.45. The van der Waals surface area contributed by atoms with Crippen LogP contribution in [-0.2, 0) is 28.6 Å². The van der Waals surface area contributed by atoms with Crippen molar-refractivity contribution in [1.82, 2.24) is 0 Å². The molecule has 0 aliphatic rings. The molecule has 0 spiro atoms. The molecule has 1 atom stereocenters. The van der Waals surface area contributed by atoms with Crippen LogP contribution in [0, 0.1) is 0 Å². The second-order valence-electron chi connectivity index (χ2n) is 22.7. The number of carbonyl (C=O) groups excluding carboxylic acids is 3. The molecule has 0 radical (unpaired) electrons. The van der Waals surface area contributed by atoms with E-state index in [0.717, 1.165) is 109 Å². The van der Waals surface area contributed by atoms with Crippen molar-refractivity contribution in [2.24, 2.45) is 0 Å². The van der Waals surface area contributed by atoms with Crippen molar-refractivity contribution in [2.45, 2.75) is 348 Å². The van der Waals surface area contributed by atoms with Gasteiger partial charge in [-0.25, -0.2) is 0 Å². The van der Waals surface area contributed by atoms with Gasteiger partial charge in [0.2, 0.25) is 0 Å². The maximum Gasteiger partial charge on any atom is 0.306 e. The number of esters is 3. The number of allylic oxidation sites excluding steroid dienone is 14. The number of hydrogen-bond acceptors (Lipinski definition) is 6. The zero-order valence-electron chi connectivity index (χ0n) is 52.4. The lowest BCUT2D eigenvalue weighted by molar-refractivity contribution is -0.167. The van der Waals surface area contributed by atoms with E-state index in [4.69, 9.17) is 14.2 Å². The Labute approximate surface area is 490 Å². The first-order chi connectivity index (χ1) is 39.0. The third-order valence-corrected chi connectivity index (χ3v) is 14.9. The second kappa shape index (κ2) is 67.1. The number of carbonyl (C=O) groups is 3.